The Bertz CT molecular complexity index is 78.5. The maximum absolute atomic E-state index is 8.91. The van der Waals surface area contributed by atoms with Crippen molar-refractivity contribution in [3.8, 4) is 0 Å². The van der Waals surface area contributed by atoms with Gasteiger partial charge in [0.1, 0.15) is 0 Å². The van der Waals surface area contributed by atoms with Crippen molar-refractivity contribution in [2.75, 3.05) is 24.6 Å². The molecule has 0 spiro atoms. The molecule has 3 heteroatoms. The van der Waals surface area contributed by atoms with E-state index < -0.39 is 0 Å². The molecule has 1 atom stereocenters. The van der Waals surface area contributed by atoms with Crippen LogP contribution in [0.25, 0.3) is 0 Å². The predicted octanol–water partition coefficient (Wildman–Crippen LogP) is 1.10. The second-order valence-electron chi connectivity index (χ2n) is 2.58. The first kappa shape index (κ1) is 11.3. The van der Waals surface area contributed by atoms with Gasteiger partial charge >= 0.3 is 0 Å². The number of aliphatic hydroxyl groups excluding tert-OH is 1. The van der Waals surface area contributed by atoms with Crippen LogP contribution < -0.4 is 5.32 Å². The number of hydrogen-bond acceptors (Lipinski definition) is 3. The molecule has 0 radical (unpaired) electrons. The zero-order valence-electron chi connectivity index (χ0n) is 7.47. The summed E-state index contributed by atoms with van der Waals surface area (Å²) in [6.45, 7) is 5.98. The monoisotopic (exact) mass is 177 g/mol. The van der Waals surface area contributed by atoms with Crippen LogP contribution in [-0.2, 0) is 0 Å². The third-order valence-electron chi connectivity index (χ3n) is 1.37. The highest BCUT2D eigenvalue weighted by Gasteiger charge is 1.93. The zero-order chi connectivity index (χ0) is 8.53. The first-order valence-corrected chi connectivity index (χ1v) is 5.39. The molecular weight excluding hydrogens is 158 g/mol. The highest BCUT2D eigenvalue weighted by molar-refractivity contribution is 7.99. The highest BCUT2D eigenvalue weighted by Crippen LogP contribution is 1.95. The van der Waals surface area contributed by atoms with Gasteiger partial charge in [-0.05, 0) is 25.6 Å². The van der Waals surface area contributed by atoms with Crippen molar-refractivity contribution < 1.29 is 5.11 Å². The van der Waals surface area contributed by atoms with Crippen molar-refractivity contribution in [1.82, 2.24) is 5.32 Å². The van der Waals surface area contributed by atoms with E-state index in [1.165, 1.54) is 11.5 Å². The van der Waals surface area contributed by atoms with Crippen LogP contribution in [0.5, 0.6) is 0 Å². The molecule has 0 rings (SSSR count). The average molecular weight is 177 g/mol. The Morgan fingerprint density at radius 2 is 2.18 bits per heavy atom. The molecule has 0 aliphatic carbocycles. The first-order valence-electron chi connectivity index (χ1n) is 4.24. The molecule has 0 aromatic rings. The van der Waals surface area contributed by atoms with Crippen LogP contribution >= 0.6 is 11.8 Å². The number of rotatable bonds is 7. The van der Waals surface area contributed by atoms with E-state index >= 15 is 0 Å². The number of aliphatic hydroxyl groups is 1. The summed E-state index contributed by atoms with van der Waals surface area (Å²) in [6.07, 6.45) is 0.692. The van der Waals surface area contributed by atoms with Crippen LogP contribution in [0.3, 0.4) is 0 Å². The molecule has 0 amide bonds. The molecular formula is C8H19NOS. The standard InChI is InChI=1S/C8H19NOS/c1-3-11-7-6-9-5-4-8(2)10/h8-10H,3-7H2,1-2H3. The number of nitrogens with one attached hydrogen (secondary N) is 1. The summed E-state index contributed by atoms with van der Waals surface area (Å²) in [4.78, 5) is 0. The third-order valence-corrected chi connectivity index (χ3v) is 2.27. The van der Waals surface area contributed by atoms with Gasteiger partial charge in [0.15, 0.2) is 0 Å². The molecule has 11 heavy (non-hydrogen) atoms. The summed E-state index contributed by atoms with van der Waals surface area (Å²) in [6, 6.07) is 0. The van der Waals surface area contributed by atoms with Crippen molar-refractivity contribution in [3.63, 3.8) is 0 Å². The van der Waals surface area contributed by atoms with Crippen LogP contribution in [0.1, 0.15) is 20.3 Å². The van der Waals surface area contributed by atoms with Gasteiger partial charge in [0.25, 0.3) is 0 Å². The topological polar surface area (TPSA) is 32.3 Å². The Morgan fingerprint density at radius 1 is 1.45 bits per heavy atom. The van der Waals surface area contributed by atoms with Crippen LogP contribution in [0.4, 0.5) is 0 Å². The Labute approximate surface area is 73.8 Å². The maximum Gasteiger partial charge on any atom is 0.0524 e. The summed E-state index contributed by atoms with van der Waals surface area (Å²) in [5, 5.41) is 12.2. The molecule has 0 aromatic heterocycles. The molecule has 1 unspecified atom stereocenters. The molecule has 0 fully saturated rings. The van der Waals surface area contributed by atoms with Gasteiger partial charge in [0.05, 0.1) is 6.10 Å². The van der Waals surface area contributed by atoms with Gasteiger partial charge < -0.3 is 10.4 Å². The molecule has 2 N–H and O–H groups in total. The van der Waals surface area contributed by atoms with E-state index in [0.717, 1.165) is 19.5 Å². The summed E-state index contributed by atoms with van der Waals surface area (Å²) in [5.74, 6) is 2.37. The van der Waals surface area contributed by atoms with Crippen molar-refractivity contribution in [1.29, 1.82) is 0 Å². The second kappa shape index (κ2) is 8.37. The largest absolute Gasteiger partial charge is 0.393 e. The minimum atomic E-state index is -0.165. The van der Waals surface area contributed by atoms with Gasteiger partial charge in [-0.15, -0.1) is 0 Å². The Morgan fingerprint density at radius 3 is 2.73 bits per heavy atom. The van der Waals surface area contributed by atoms with Gasteiger partial charge in [-0.3, -0.25) is 0 Å². The Balaban J connectivity index is 2.80. The fraction of sp³-hybridized carbons (Fsp3) is 1.00. The van der Waals surface area contributed by atoms with Crippen LogP contribution in [0.15, 0.2) is 0 Å². The van der Waals surface area contributed by atoms with E-state index in [-0.39, 0.29) is 6.10 Å². The summed E-state index contributed by atoms with van der Waals surface area (Å²) in [5.41, 5.74) is 0. The van der Waals surface area contributed by atoms with Crippen molar-refractivity contribution >= 4 is 11.8 Å². The van der Waals surface area contributed by atoms with E-state index in [0.29, 0.717) is 0 Å². The summed E-state index contributed by atoms with van der Waals surface area (Å²) < 4.78 is 0. The Kier molecular flexibility index (Phi) is 8.57. The van der Waals surface area contributed by atoms with E-state index in [2.05, 4.69) is 12.2 Å². The minimum absolute atomic E-state index is 0.165. The molecule has 2 nitrogen and oxygen atoms in total. The molecule has 68 valence electrons. The smallest absolute Gasteiger partial charge is 0.0524 e. The van der Waals surface area contributed by atoms with E-state index in [9.17, 15) is 0 Å². The number of hydrogen-bond donors (Lipinski definition) is 2. The van der Waals surface area contributed by atoms with Crippen LogP contribution in [-0.4, -0.2) is 35.8 Å². The van der Waals surface area contributed by atoms with Crippen LogP contribution in [0, 0.1) is 0 Å². The fourth-order valence-electron chi connectivity index (χ4n) is 0.725. The Hall–Kier alpha value is 0.270. The molecule has 0 aromatic carbocycles. The van der Waals surface area contributed by atoms with E-state index in [1.807, 2.05) is 18.7 Å². The molecule has 0 bridgehead atoms. The predicted molar refractivity (Wildman–Crippen MR) is 52.2 cm³/mol. The lowest BCUT2D eigenvalue weighted by molar-refractivity contribution is 0.184. The molecule has 0 aliphatic heterocycles. The van der Waals surface area contributed by atoms with Crippen LogP contribution in [0.2, 0.25) is 0 Å². The fourth-order valence-corrected chi connectivity index (χ4v) is 1.30. The van der Waals surface area contributed by atoms with Gasteiger partial charge in [0.2, 0.25) is 0 Å². The lowest BCUT2D eigenvalue weighted by Crippen LogP contribution is -2.21. The second-order valence-corrected chi connectivity index (χ2v) is 3.98. The van der Waals surface area contributed by atoms with E-state index in [4.69, 9.17) is 5.11 Å². The highest BCUT2D eigenvalue weighted by atomic mass is 32.2. The van der Waals surface area contributed by atoms with Crippen molar-refractivity contribution in [2.24, 2.45) is 0 Å². The molecule has 0 heterocycles. The molecule has 0 saturated heterocycles. The average Bonchev–Trinajstić information content (AvgIpc) is 1.96. The lowest BCUT2D eigenvalue weighted by atomic mass is 10.3. The zero-order valence-corrected chi connectivity index (χ0v) is 8.28. The first-order chi connectivity index (χ1) is 5.27. The molecule has 0 aliphatic rings. The van der Waals surface area contributed by atoms with Gasteiger partial charge in [-0.25, -0.2) is 0 Å². The maximum atomic E-state index is 8.91. The lowest BCUT2D eigenvalue weighted by Gasteiger charge is -2.05. The van der Waals surface area contributed by atoms with Crippen molar-refractivity contribution in [3.05, 3.63) is 0 Å². The van der Waals surface area contributed by atoms with Crippen molar-refractivity contribution in [2.45, 2.75) is 26.4 Å². The summed E-state index contributed by atoms with van der Waals surface area (Å²) >= 11 is 1.94. The summed E-state index contributed by atoms with van der Waals surface area (Å²) in [7, 11) is 0. The minimum Gasteiger partial charge on any atom is -0.393 e. The normalized spacial score (nSPS) is 13.4. The number of thioether (sulfide) groups is 1. The molecule has 0 saturated carbocycles. The third kappa shape index (κ3) is 10.3. The van der Waals surface area contributed by atoms with E-state index in [1.54, 1.807) is 0 Å². The SMILES string of the molecule is CCSCCNCCC(C)O. The van der Waals surface area contributed by atoms with Gasteiger partial charge in [-0.1, -0.05) is 6.92 Å². The quantitative estimate of drug-likeness (QED) is 0.571. The van der Waals surface area contributed by atoms with Gasteiger partial charge in [0, 0.05) is 12.3 Å². The van der Waals surface area contributed by atoms with Gasteiger partial charge in [-0.2, -0.15) is 11.8 Å².